The highest BCUT2D eigenvalue weighted by atomic mass is 79.9. The van der Waals surface area contributed by atoms with E-state index in [-0.39, 0.29) is 5.91 Å². The highest BCUT2D eigenvalue weighted by molar-refractivity contribution is 9.10. The minimum Gasteiger partial charge on any atom is -0.365 e. The van der Waals surface area contributed by atoms with Gasteiger partial charge in [0.15, 0.2) is 0 Å². The standard InChI is InChI=1S/C14H13BrN4O/c1-9-14(15)18-12-5-4-11(8-19(9)12)17-13(20)7-10-3-2-6-16-10/h2-6,8,16H,7H2,1H3,(H,17,20). The van der Waals surface area contributed by atoms with Gasteiger partial charge >= 0.3 is 0 Å². The number of aromatic amines is 1. The number of pyridine rings is 1. The molecule has 1 amide bonds. The van der Waals surface area contributed by atoms with Crippen molar-refractivity contribution in [2.24, 2.45) is 0 Å². The summed E-state index contributed by atoms with van der Waals surface area (Å²) in [5.41, 5.74) is 3.49. The second kappa shape index (κ2) is 5.13. The average molecular weight is 333 g/mol. The third kappa shape index (κ3) is 2.46. The molecule has 2 N–H and O–H groups in total. The van der Waals surface area contributed by atoms with Crippen molar-refractivity contribution in [3.05, 3.63) is 52.7 Å². The Morgan fingerprint density at radius 3 is 3.05 bits per heavy atom. The number of halogens is 1. The Balaban J connectivity index is 1.80. The Morgan fingerprint density at radius 1 is 1.45 bits per heavy atom. The molecule has 102 valence electrons. The fraction of sp³-hybridized carbons (Fsp3) is 0.143. The van der Waals surface area contributed by atoms with Crippen molar-refractivity contribution in [2.45, 2.75) is 13.3 Å². The molecule has 3 aromatic heterocycles. The van der Waals surface area contributed by atoms with Crippen LogP contribution in [-0.2, 0) is 11.2 Å². The third-order valence-corrected chi connectivity index (χ3v) is 3.85. The lowest BCUT2D eigenvalue weighted by atomic mass is 10.3. The van der Waals surface area contributed by atoms with Gasteiger partial charge in [0.05, 0.1) is 17.8 Å². The molecule has 0 aromatic carbocycles. The molecule has 0 aliphatic carbocycles. The summed E-state index contributed by atoms with van der Waals surface area (Å²) in [4.78, 5) is 19.3. The van der Waals surface area contributed by atoms with E-state index in [1.807, 2.05) is 41.8 Å². The van der Waals surface area contributed by atoms with Gasteiger partial charge in [0.2, 0.25) is 5.91 Å². The summed E-state index contributed by atoms with van der Waals surface area (Å²) >= 11 is 3.40. The number of H-pyrrole nitrogens is 1. The first-order valence-electron chi connectivity index (χ1n) is 6.20. The lowest BCUT2D eigenvalue weighted by molar-refractivity contribution is -0.115. The van der Waals surface area contributed by atoms with Gasteiger partial charge in [-0.2, -0.15) is 0 Å². The van der Waals surface area contributed by atoms with Gasteiger partial charge in [-0.25, -0.2) is 4.98 Å². The Morgan fingerprint density at radius 2 is 2.30 bits per heavy atom. The van der Waals surface area contributed by atoms with Crippen LogP contribution < -0.4 is 5.32 Å². The minimum atomic E-state index is -0.0522. The molecule has 0 aliphatic heterocycles. The monoisotopic (exact) mass is 332 g/mol. The molecule has 6 heteroatoms. The molecule has 0 spiro atoms. The van der Waals surface area contributed by atoms with Crippen LogP contribution in [0, 0.1) is 6.92 Å². The Labute approximate surface area is 124 Å². The van der Waals surface area contributed by atoms with Crippen molar-refractivity contribution in [3.63, 3.8) is 0 Å². The minimum absolute atomic E-state index is 0.0522. The summed E-state index contributed by atoms with van der Waals surface area (Å²) in [6, 6.07) is 7.49. The van der Waals surface area contributed by atoms with E-state index >= 15 is 0 Å². The van der Waals surface area contributed by atoms with Gasteiger partial charge in [-0.05, 0) is 47.1 Å². The van der Waals surface area contributed by atoms with Crippen LogP contribution in [0.1, 0.15) is 11.4 Å². The molecular weight excluding hydrogens is 320 g/mol. The van der Waals surface area contributed by atoms with Crippen LogP contribution in [0.25, 0.3) is 5.65 Å². The van der Waals surface area contributed by atoms with Crippen LogP contribution in [0.5, 0.6) is 0 Å². The second-order valence-corrected chi connectivity index (χ2v) is 5.31. The van der Waals surface area contributed by atoms with Gasteiger partial charge < -0.3 is 14.7 Å². The molecule has 0 atom stereocenters. The fourth-order valence-corrected chi connectivity index (χ4v) is 2.44. The fourth-order valence-electron chi connectivity index (χ4n) is 2.06. The first-order valence-corrected chi connectivity index (χ1v) is 6.99. The predicted octanol–water partition coefficient (Wildman–Crippen LogP) is 2.91. The third-order valence-electron chi connectivity index (χ3n) is 3.10. The number of carbonyl (C=O) groups is 1. The molecule has 0 fully saturated rings. The number of anilines is 1. The van der Waals surface area contributed by atoms with E-state index in [0.29, 0.717) is 6.42 Å². The molecule has 0 bridgehead atoms. The van der Waals surface area contributed by atoms with Crippen molar-refractivity contribution >= 4 is 33.2 Å². The number of aryl methyl sites for hydroxylation is 1. The summed E-state index contributed by atoms with van der Waals surface area (Å²) < 4.78 is 2.75. The Hall–Kier alpha value is -2.08. The van der Waals surface area contributed by atoms with E-state index in [4.69, 9.17) is 0 Å². The second-order valence-electron chi connectivity index (χ2n) is 4.55. The van der Waals surface area contributed by atoms with E-state index in [2.05, 4.69) is 31.2 Å². The number of hydrogen-bond acceptors (Lipinski definition) is 2. The highest BCUT2D eigenvalue weighted by Gasteiger charge is 2.08. The zero-order valence-corrected chi connectivity index (χ0v) is 12.4. The number of carbonyl (C=O) groups excluding carboxylic acids is 1. The molecule has 20 heavy (non-hydrogen) atoms. The van der Waals surface area contributed by atoms with Gasteiger partial charge in [-0.15, -0.1) is 0 Å². The molecule has 3 heterocycles. The maximum atomic E-state index is 11.9. The van der Waals surface area contributed by atoms with Crippen LogP contribution in [0.15, 0.2) is 41.3 Å². The molecule has 0 saturated heterocycles. The van der Waals surface area contributed by atoms with Gasteiger partial charge in [0.1, 0.15) is 10.3 Å². The van der Waals surface area contributed by atoms with Crippen molar-refractivity contribution < 1.29 is 4.79 Å². The van der Waals surface area contributed by atoms with Crippen molar-refractivity contribution in [2.75, 3.05) is 5.32 Å². The maximum Gasteiger partial charge on any atom is 0.230 e. The quantitative estimate of drug-likeness (QED) is 0.774. The molecular formula is C14H13BrN4O. The number of amides is 1. The normalized spacial score (nSPS) is 10.9. The number of aromatic nitrogens is 3. The van der Waals surface area contributed by atoms with Crippen molar-refractivity contribution in [3.8, 4) is 0 Å². The summed E-state index contributed by atoms with van der Waals surface area (Å²) in [6.07, 6.45) is 4.01. The van der Waals surface area contributed by atoms with E-state index in [0.717, 1.165) is 27.3 Å². The Kier molecular flexibility index (Phi) is 3.31. The molecule has 0 unspecified atom stereocenters. The number of nitrogens with one attached hydrogen (secondary N) is 2. The lowest BCUT2D eigenvalue weighted by Crippen LogP contribution is -2.14. The summed E-state index contributed by atoms with van der Waals surface area (Å²) in [5, 5.41) is 2.89. The molecule has 3 aromatic rings. The zero-order valence-electron chi connectivity index (χ0n) is 10.9. The van der Waals surface area contributed by atoms with E-state index < -0.39 is 0 Å². The number of hydrogen-bond donors (Lipinski definition) is 2. The summed E-state index contributed by atoms with van der Waals surface area (Å²) in [5.74, 6) is -0.0522. The molecule has 0 aliphatic rings. The van der Waals surface area contributed by atoms with Crippen LogP contribution in [-0.4, -0.2) is 20.3 Å². The first-order chi connectivity index (χ1) is 9.63. The van der Waals surface area contributed by atoms with Gasteiger partial charge in [0.25, 0.3) is 0 Å². The molecule has 5 nitrogen and oxygen atoms in total. The number of rotatable bonds is 3. The van der Waals surface area contributed by atoms with Crippen molar-refractivity contribution in [1.29, 1.82) is 0 Å². The van der Waals surface area contributed by atoms with Gasteiger partial charge in [0, 0.05) is 18.1 Å². The SMILES string of the molecule is Cc1c(Br)nc2ccc(NC(=O)Cc3ccc[nH]3)cn12. The molecule has 3 rings (SSSR count). The van der Waals surface area contributed by atoms with Crippen molar-refractivity contribution in [1.82, 2.24) is 14.4 Å². The highest BCUT2D eigenvalue weighted by Crippen LogP contribution is 2.19. The van der Waals surface area contributed by atoms with Crippen LogP contribution >= 0.6 is 15.9 Å². The number of nitrogens with zero attached hydrogens (tertiary/aromatic N) is 2. The summed E-state index contributed by atoms with van der Waals surface area (Å²) in [6.45, 7) is 1.97. The van der Waals surface area contributed by atoms with Crippen LogP contribution in [0.3, 0.4) is 0 Å². The van der Waals surface area contributed by atoms with E-state index in [1.54, 1.807) is 6.20 Å². The van der Waals surface area contributed by atoms with Gasteiger partial charge in [-0.3, -0.25) is 4.79 Å². The zero-order chi connectivity index (χ0) is 14.1. The van der Waals surface area contributed by atoms with E-state index in [9.17, 15) is 4.79 Å². The summed E-state index contributed by atoms with van der Waals surface area (Å²) in [7, 11) is 0. The molecule has 0 saturated carbocycles. The average Bonchev–Trinajstić information content (AvgIpc) is 3.00. The largest absolute Gasteiger partial charge is 0.365 e. The van der Waals surface area contributed by atoms with Gasteiger partial charge in [-0.1, -0.05) is 0 Å². The smallest absolute Gasteiger partial charge is 0.230 e. The van der Waals surface area contributed by atoms with Crippen LogP contribution in [0.2, 0.25) is 0 Å². The molecule has 0 radical (unpaired) electrons. The van der Waals surface area contributed by atoms with E-state index in [1.165, 1.54) is 0 Å². The lowest BCUT2D eigenvalue weighted by Gasteiger charge is -2.06. The predicted molar refractivity (Wildman–Crippen MR) is 80.8 cm³/mol. The number of imidazole rings is 1. The maximum absolute atomic E-state index is 11.9. The topological polar surface area (TPSA) is 62.2 Å². The first kappa shape index (κ1) is 12.9. The van der Waals surface area contributed by atoms with Crippen LogP contribution in [0.4, 0.5) is 5.69 Å². The Bertz CT molecular complexity index is 761. The number of fused-ring (bicyclic) bond motifs is 1.